The summed E-state index contributed by atoms with van der Waals surface area (Å²) in [7, 11) is 0. The zero-order chi connectivity index (χ0) is 13.8. The molecule has 19 heavy (non-hydrogen) atoms. The molecular weight excluding hydrogens is 242 g/mol. The van der Waals surface area contributed by atoms with Crippen molar-refractivity contribution in [1.82, 2.24) is 5.32 Å². The van der Waals surface area contributed by atoms with E-state index in [1.54, 1.807) is 19.1 Å². The predicted octanol–water partition coefficient (Wildman–Crippen LogP) is 2.53. The maximum absolute atomic E-state index is 12.0. The van der Waals surface area contributed by atoms with E-state index in [4.69, 9.17) is 4.42 Å². The van der Waals surface area contributed by atoms with Gasteiger partial charge in [0.2, 0.25) is 0 Å². The second-order valence-corrected chi connectivity index (χ2v) is 6.00. The lowest BCUT2D eigenvalue weighted by molar-refractivity contribution is -0.115. The van der Waals surface area contributed by atoms with Crippen molar-refractivity contribution in [2.24, 2.45) is 17.3 Å². The number of amides is 1. The van der Waals surface area contributed by atoms with Gasteiger partial charge in [0.1, 0.15) is 0 Å². The predicted molar refractivity (Wildman–Crippen MR) is 69.3 cm³/mol. The van der Waals surface area contributed by atoms with Gasteiger partial charge in [-0.05, 0) is 36.3 Å². The van der Waals surface area contributed by atoms with Crippen molar-refractivity contribution in [3.63, 3.8) is 0 Å². The number of hydrogen-bond acceptors (Lipinski definition) is 3. The van der Waals surface area contributed by atoms with Crippen LogP contribution in [0, 0.1) is 17.3 Å². The number of carbonyl (C=O) groups is 2. The van der Waals surface area contributed by atoms with Gasteiger partial charge in [-0.1, -0.05) is 13.8 Å². The molecule has 1 heterocycles. The average Bonchev–Trinajstić information content (AvgIpc) is 2.82. The van der Waals surface area contributed by atoms with Crippen molar-refractivity contribution >= 4 is 11.7 Å². The third kappa shape index (κ3) is 1.74. The highest BCUT2D eigenvalue weighted by atomic mass is 16.3. The van der Waals surface area contributed by atoms with Crippen LogP contribution in [0.25, 0.3) is 0 Å². The van der Waals surface area contributed by atoms with Crippen LogP contribution in [0.15, 0.2) is 34.1 Å². The van der Waals surface area contributed by atoms with E-state index in [2.05, 4.69) is 19.2 Å². The zero-order valence-electron chi connectivity index (χ0n) is 11.3. The number of furan rings is 1. The minimum atomic E-state index is -0.301. The van der Waals surface area contributed by atoms with Gasteiger partial charge in [0.15, 0.2) is 11.5 Å². The number of nitrogens with one attached hydrogen (secondary N) is 1. The number of ketones is 1. The third-order valence-corrected chi connectivity index (χ3v) is 4.52. The fourth-order valence-electron chi connectivity index (χ4n) is 3.33. The Hall–Kier alpha value is -1.84. The summed E-state index contributed by atoms with van der Waals surface area (Å²) < 4.78 is 5.04. The van der Waals surface area contributed by atoms with Crippen LogP contribution in [0.3, 0.4) is 0 Å². The molecule has 100 valence electrons. The van der Waals surface area contributed by atoms with Crippen LogP contribution in [-0.4, -0.2) is 11.7 Å². The second-order valence-electron chi connectivity index (χ2n) is 6.00. The van der Waals surface area contributed by atoms with E-state index in [9.17, 15) is 9.59 Å². The highest BCUT2D eigenvalue weighted by Crippen LogP contribution is 2.68. The van der Waals surface area contributed by atoms with E-state index in [1.165, 1.54) is 6.26 Å². The number of carbonyl (C=O) groups excluding carboxylic acids is 2. The lowest BCUT2D eigenvalue weighted by atomic mass is 9.95. The lowest BCUT2D eigenvalue weighted by Crippen LogP contribution is -2.24. The maximum atomic E-state index is 12.0. The lowest BCUT2D eigenvalue weighted by Gasteiger charge is -2.13. The van der Waals surface area contributed by atoms with Gasteiger partial charge in [-0.3, -0.25) is 9.59 Å². The molecule has 2 saturated carbocycles. The summed E-state index contributed by atoms with van der Waals surface area (Å²) in [5.74, 6) is 0.885. The summed E-state index contributed by atoms with van der Waals surface area (Å²) in [5.41, 5.74) is 1.67. The van der Waals surface area contributed by atoms with Gasteiger partial charge in [0, 0.05) is 17.7 Å². The molecule has 0 unspecified atom stereocenters. The molecule has 2 atom stereocenters. The van der Waals surface area contributed by atoms with E-state index in [-0.39, 0.29) is 22.9 Å². The van der Waals surface area contributed by atoms with Gasteiger partial charge < -0.3 is 9.73 Å². The van der Waals surface area contributed by atoms with Crippen molar-refractivity contribution in [2.75, 3.05) is 0 Å². The van der Waals surface area contributed by atoms with Crippen LogP contribution < -0.4 is 5.32 Å². The SMILES string of the molecule is CC(NC(=O)c1ccco1)=C1C(=O)C[C@@H]2[C@H]1C2(C)C. The standard InChI is InChI=1S/C15H17NO3/c1-8(16-14(18)11-5-4-6-19-11)12-10(17)7-9-13(12)15(9,2)3/h4-6,9,13H,7H2,1-3H3,(H,16,18)/t9-,13-/m1/s1. The topological polar surface area (TPSA) is 59.3 Å². The fourth-order valence-corrected chi connectivity index (χ4v) is 3.33. The van der Waals surface area contributed by atoms with Gasteiger partial charge >= 0.3 is 0 Å². The number of fused-ring (bicyclic) bond motifs is 1. The Kier molecular flexibility index (Phi) is 2.46. The van der Waals surface area contributed by atoms with Crippen molar-refractivity contribution in [3.05, 3.63) is 35.4 Å². The molecule has 0 aromatic carbocycles. The molecule has 4 nitrogen and oxygen atoms in total. The number of allylic oxidation sites excluding steroid dienone is 2. The first-order valence-corrected chi connectivity index (χ1v) is 6.51. The maximum Gasteiger partial charge on any atom is 0.291 e. The zero-order valence-corrected chi connectivity index (χ0v) is 11.3. The van der Waals surface area contributed by atoms with Crippen LogP contribution >= 0.6 is 0 Å². The average molecular weight is 259 g/mol. The third-order valence-electron chi connectivity index (χ3n) is 4.52. The first-order chi connectivity index (χ1) is 8.93. The number of Topliss-reactive ketones (excluding diaryl/α,β-unsaturated/α-hetero) is 1. The van der Waals surface area contributed by atoms with Gasteiger partial charge in [-0.15, -0.1) is 0 Å². The summed E-state index contributed by atoms with van der Waals surface area (Å²) in [5, 5.41) is 2.78. The van der Waals surface area contributed by atoms with Crippen LogP contribution in [-0.2, 0) is 4.79 Å². The van der Waals surface area contributed by atoms with Gasteiger partial charge in [-0.2, -0.15) is 0 Å². The van der Waals surface area contributed by atoms with E-state index in [0.29, 0.717) is 24.0 Å². The first-order valence-electron chi connectivity index (χ1n) is 6.51. The van der Waals surface area contributed by atoms with E-state index in [0.717, 1.165) is 5.57 Å². The molecule has 2 fully saturated rings. The van der Waals surface area contributed by atoms with Gasteiger partial charge in [0.25, 0.3) is 5.91 Å². The minimum absolute atomic E-state index is 0.173. The largest absolute Gasteiger partial charge is 0.459 e. The summed E-state index contributed by atoms with van der Waals surface area (Å²) in [6.45, 7) is 6.15. The van der Waals surface area contributed by atoms with E-state index >= 15 is 0 Å². The molecule has 0 bridgehead atoms. The van der Waals surface area contributed by atoms with Gasteiger partial charge in [0.05, 0.1) is 6.26 Å². The van der Waals surface area contributed by atoms with Crippen LogP contribution in [0.2, 0.25) is 0 Å². The second kappa shape index (κ2) is 3.83. The molecule has 0 aliphatic heterocycles. The van der Waals surface area contributed by atoms with Gasteiger partial charge in [-0.25, -0.2) is 0 Å². The minimum Gasteiger partial charge on any atom is -0.459 e. The molecule has 4 heteroatoms. The van der Waals surface area contributed by atoms with Crippen molar-refractivity contribution in [1.29, 1.82) is 0 Å². The van der Waals surface area contributed by atoms with Crippen LogP contribution in [0.5, 0.6) is 0 Å². The normalized spacial score (nSPS) is 29.9. The molecule has 0 radical (unpaired) electrons. The van der Waals surface area contributed by atoms with E-state index < -0.39 is 0 Å². The molecule has 2 aliphatic rings. The molecule has 1 aromatic rings. The Labute approximate surface area is 111 Å². The molecule has 2 aliphatic carbocycles. The highest BCUT2D eigenvalue weighted by molar-refractivity contribution is 6.02. The summed E-state index contributed by atoms with van der Waals surface area (Å²) in [6.07, 6.45) is 2.07. The Bertz CT molecular complexity index is 581. The summed E-state index contributed by atoms with van der Waals surface area (Å²) in [4.78, 5) is 23.9. The molecule has 0 spiro atoms. The van der Waals surface area contributed by atoms with Crippen LogP contribution in [0.4, 0.5) is 0 Å². The highest BCUT2D eigenvalue weighted by Gasteiger charge is 2.65. The molecular formula is C15H17NO3. The van der Waals surface area contributed by atoms with Crippen molar-refractivity contribution in [3.8, 4) is 0 Å². The number of hydrogen-bond donors (Lipinski definition) is 1. The fraction of sp³-hybridized carbons (Fsp3) is 0.467. The summed E-state index contributed by atoms with van der Waals surface area (Å²) >= 11 is 0. The first kappa shape index (κ1) is 12.2. The monoisotopic (exact) mass is 259 g/mol. The Balaban J connectivity index is 1.83. The molecule has 1 amide bonds. The smallest absolute Gasteiger partial charge is 0.291 e. The van der Waals surface area contributed by atoms with Crippen molar-refractivity contribution < 1.29 is 14.0 Å². The molecule has 1 N–H and O–H groups in total. The van der Waals surface area contributed by atoms with Crippen molar-refractivity contribution in [2.45, 2.75) is 27.2 Å². The summed E-state index contributed by atoms with van der Waals surface area (Å²) in [6, 6.07) is 3.27. The van der Waals surface area contributed by atoms with E-state index in [1.807, 2.05) is 0 Å². The Morgan fingerprint density at radius 1 is 1.47 bits per heavy atom. The number of rotatable bonds is 2. The van der Waals surface area contributed by atoms with Crippen LogP contribution in [0.1, 0.15) is 37.7 Å². The Morgan fingerprint density at radius 2 is 2.21 bits per heavy atom. The molecule has 3 rings (SSSR count). The molecule has 1 aromatic heterocycles. The quantitative estimate of drug-likeness (QED) is 0.830. The Morgan fingerprint density at radius 3 is 2.79 bits per heavy atom. The molecule has 0 saturated heterocycles.